The molecule has 0 saturated carbocycles. The molecule has 1 aliphatic carbocycles. The highest BCUT2D eigenvalue weighted by Crippen LogP contribution is 2.28. The molecular weight excluding hydrogens is 468 g/mol. The van der Waals surface area contributed by atoms with Crippen LogP contribution in [0.2, 0.25) is 0 Å². The predicted molar refractivity (Wildman–Crippen MR) is 146 cm³/mol. The van der Waals surface area contributed by atoms with Crippen LogP contribution in [0, 0.1) is 20.8 Å². The fourth-order valence-electron chi connectivity index (χ4n) is 4.79. The molecule has 36 heavy (non-hydrogen) atoms. The number of aryl methyl sites for hydroxylation is 5. The van der Waals surface area contributed by atoms with Crippen LogP contribution in [-0.2, 0) is 27.7 Å². The van der Waals surface area contributed by atoms with Crippen molar-refractivity contribution in [3.63, 3.8) is 0 Å². The van der Waals surface area contributed by atoms with Gasteiger partial charge in [-0.05, 0) is 105 Å². The molecule has 1 N–H and O–H groups in total. The lowest BCUT2D eigenvalue weighted by molar-refractivity contribution is -0.120. The summed E-state index contributed by atoms with van der Waals surface area (Å²) in [6.45, 7) is 7.58. The average Bonchev–Trinajstić information content (AvgIpc) is 2.87. The third-order valence-corrected chi connectivity index (χ3v) is 8.98. The minimum absolute atomic E-state index is 0.167. The van der Waals surface area contributed by atoms with Gasteiger partial charge in [0.25, 0.3) is 10.0 Å². The number of anilines is 1. The Morgan fingerprint density at radius 1 is 0.889 bits per heavy atom. The molecule has 0 saturated heterocycles. The quantitative estimate of drug-likeness (QED) is 0.412. The molecule has 0 spiro atoms. The molecule has 3 aromatic rings. The van der Waals surface area contributed by atoms with Crippen LogP contribution < -0.4 is 9.62 Å². The number of amides is 1. The zero-order valence-corrected chi connectivity index (χ0v) is 22.5. The lowest BCUT2D eigenvalue weighted by Gasteiger charge is -2.27. The Morgan fingerprint density at radius 3 is 2.25 bits per heavy atom. The van der Waals surface area contributed by atoms with Gasteiger partial charge in [-0.1, -0.05) is 48.9 Å². The monoisotopic (exact) mass is 504 g/mol. The highest BCUT2D eigenvalue weighted by molar-refractivity contribution is 7.92. The van der Waals surface area contributed by atoms with Crippen LogP contribution in [0.1, 0.15) is 65.6 Å². The van der Waals surface area contributed by atoms with Gasteiger partial charge in [0.05, 0.1) is 16.6 Å². The Hall–Kier alpha value is -3.12. The van der Waals surface area contributed by atoms with Crippen molar-refractivity contribution in [1.82, 2.24) is 5.32 Å². The maximum absolute atomic E-state index is 13.7. The average molecular weight is 505 g/mol. The van der Waals surface area contributed by atoms with Gasteiger partial charge in [0.15, 0.2) is 0 Å². The van der Waals surface area contributed by atoms with E-state index in [1.807, 2.05) is 39.8 Å². The number of carbonyl (C=O) groups is 1. The van der Waals surface area contributed by atoms with Crippen LogP contribution in [0.15, 0.2) is 65.6 Å². The molecule has 0 aromatic heterocycles. The van der Waals surface area contributed by atoms with E-state index in [4.69, 9.17) is 0 Å². The van der Waals surface area contributed by atoms with E-state index in [2.05, 4.69) is 23.5 Å². The molecule has 0 bridgehead atoms. The fourth-order valence-corrected chi connectivity index (χ4v) is 6.21. The molecule has 0 fully saturated rings. The van der Waals surface area contributed by atoms with Gasteiger partial charge < -0.3 is 5.32 Å². The molecule has 4 rings (SSSR count). The van der Waals surface area contributed by atoms with Crippen molar-refractivity contribution in [2.45, 2.75) is 70.7 Å². The second kappa shape index (κ2) is 10.9. The summed E-state index contributed by atoms with van der Waals surface area (Å²) in [4.78, 5) is 13.5. The number of carbonyl (C=O) groups excluding carboxylic acids is 1. The Labute approximate surface area is 215 Å². The van der Waals surface area contributed by atoms with Gasteiger partial charge in [-0.15, -0.1) is 0 Å². The Kier molecular flexibility index (Phi) is 7.84. The summed E-state index contributed by atoms with van der Waals surface area (Å²) in [6.07, 6.45) is 5.33. The number of sulfonamides is 1. The number of rotatable bonds is 8. The van der Waals surface area contributed by atoms with E-state index in [0.29, 0.717) is 5.69 Å². The molecule has 1 atom stereocenters. The number of nitrogens with zero attached hydrogens (tertiary/aromatic N) is 1. The van der Waals surface area contributed by atoms with Crippen LogP contribution in [-0.4, -0.2) is 20.9 Å². The molecule has 3 aromatic carbocycles. The second-order valence-electron chi connectivity index (χ2n) is 9.86. The smallest absolute Gasteiger partial charge is 0.264 e. The summed E-state index contributed by atoms with van der Waals surface area (Å²) in [5.74, 6) is -0.325. The third-order valence-electron chi connectivity index (χ3n) is 7.19. The van der Waals surface area contributed by atoms with Crippen LogP contribution in [0.4, 0.5) is 5.69 Å². The van der Waals surface area contributed by atoms with Crippen LogP contribution >= 0.6 is 0 Å². The molecule has 0 radical (unpaired) electrons. The molecule has 0 heterocycles. The largest absolute Gasteiger partial charge is 0.348 e. The minimum atomic E-state index is -3.94. The second-order valence-corrected chi connectivity index (χ2v) is 11.7. The van der Waals surface area contributed by atoms with Gasteiger partial charge in [0, 0.05) is 0 Å². The van der Waals surface area contributed by atoms with E-state index in [1.165, 1.54) is 28.3 Å². The number of fused-ring (bicyclic) bond motifs is 1. The molecule has 5 nitrogen and oxygen atoms in total. The first-order valence-corrected chi connectivity index (χ1v) is 14.2. The number of hydrogen-bond acceptors (Lipinski definition) is 3. The van der Waals surface area contributed by atoms with Gasteiger partial charge in [0.1, 0.15) is 6.54 Å². The topological polar surface area (TPSA) is 66.5 Å². The van der Waals surface area contributed by atoms with E-state index >= 15 is 0 Å². The van der Waals surface area contributed by atoms with E-state index in [0.717, 1.165) is 41.5 Å². The molecule has 190 valence electrons. The van der Waals surface area contributed by atoms with Crippen molar-refractivity contribution in [2.75, 3.05) is 10.8 Å². The number of benzene rings is 3. The Balaban J connectivity index is 1.62. The standard InChI is InChI=1S/C30H36N2O3S/c1-5-29(26-14-13-24-8-6-7-9-25(24)19-26)31-30(33)20-32(27-15-12-22(3)23(4)18-27)36(34,35)28-16-10-21(2)11-17-28/h10-19,29H,5-9,20H2,1-4H3,(H,31,33). The van der Waals surface area contributed by atoms with Gasteiger partial charge in [0.2, 0.25) is 5.91 Å². The SMILES string of the molecule is CCC(NC(=O)CN(c1ccc(C)c(C)c1)S(=O)(=O)c1ccc(C)cc1)c1ccc2c(c1)CCCC2. The van der Waals surface area contributed by atoms with Gasteiger partial charge >= 0.3 is 0 Å². The van der Waals surface area contributed by atoms with E-state index in [-0.39, 0.29) is 23.4 Å². The van der Waals surface area contributed by atoms with Crippen molar-refractivity contribution < 1.29 is 13.2 Å². The summed E-state index contributed by atoms with van der Waals surface area (Å²) >= 11 is 0. The first kappa shape index (κ1) is 26.0. The first-order chi connectivity index (χ1) is 17.2. The Morgan fingerprint density at radius 2 is 1.58 bits per heavy atom. The zero-order chi connectivity index (χ0) is 25.9. The maximum Gasteiger partial charge on any atom is 0.264 e. The van der Waals surface area contributed by atoms with Crippen molar-refractivity contribution >= 4 is 21.6 Å². The van der Waals surface area contributed by atoms with Crippen molar-refractivity contribution in [3.8, 4) is 0 Å². The van der Waals surface area contributed by atoms with Crippen LogP contribution in [0.3, 0.4) is 0 Å². The predicted octanol–water partition coefficient (Wildman–Crippen LogP) is 5.95. The third kappa shape index (κ3) is 5.65. The fraction of sp³-hybridized carbons (Fsp3) is 0.367. The lowest BCUT2D eigenvalue weighted by atomic mass is 9.89. The summed E-state index contributed by atoms with van der Waals surface area (Å²) in [5, 5.41) is 3.10. The molecule has 1 aliphatic rings. The summed E-state index contributed by atoms with van der Waals surface area (Å²) < 4.78 is 28.6. The zero-order valence-electron chi connectivity index (χ0n) is 21.7. The van der Waals surface area contributed by atoms with Gasteiger partial charge in [-0.3, -0.25) is 9.10 Å². The van der Waals surface area contributed by atoms with Gasteiger partial charge in [-0.25, -0.2) is 8.42 Å². The highest BCUT2D eigenvalue weighted by Gasteiger charge is 2.28. The van der Waals surface area contributed by atoms with Gasteiger partial charge in [-0.2, -0.15) is 0 Å². The summed E-state index contributed by atoms with van der Waals surface area (Å²) in [6, 6.07) is 18.5. The van der Waals surface area contributed by atoms with Crippen LogP contribution in [0.25, 0.3) is 0 Å². The van der Waals surface area contributed by atoms with E-state index < -0.39 is 10.0 Å². The minimum Gasteiger partial charge on any atom is -0.348 e. The summed E-state index contributed by atoms with van der Waals surface area (Å²) in [7, 11) is -3.94. The van der Waals surface area contributed by atoms with Crippen molar-refractivity contribution in [3.05, 3.63) is 94.0 Å². The normalized spacial score (nSPS) is 14.1. The van der Waals surface area contributed by atoms with Crippen molar-refractivity contribution in [1.29, 1.82) is 0 Å². The molecule has 1 unspecified atom stereocenters. The molecule has 0 aliphatic heterocycles. The lowest BCUT2D eigenvalue weighted by Crippen LogP contribution is -2.42. The number of nitrogens with one attached hydrogen (secondary N) is 1. The highest BCUT2D eigenvalue weighted by atomic mass is 32.2. The molecule has 1 amide bonds. The number of hydrogen-bond donors (Lipinski definition) is 1. The Bertz CT molecular complexity index is 1350. The molecule has 6 heteroatoms. The first-order valence-electron chi connectivity index (χ1n) is 12.8. The van der Waals surface area contributed by atoms with Crippen LogP contribution in [0.5, 0.6) is 0 Å². The maximum atomic E-state index is 13.7. The van der Waals surface area contributed by atoms with E-state index in [1.54, 1.807) is 30.3 Å². The summed E-state index contributed by atoms with van der Waals surface area (Å²) in [5.41, 5.74) is 7.33. The molecular formula is C30H36N2O3S. The van der Waals surface area contributed by atoms with E-state index in [9.17, 15) is 13.2 Å². The van der Waals surface area contributed by atoms with Crippen molar-refractivity contribution in [2.24, 2.45) is 0 Å².